The van der Waals surface area contributed by atoms with Crippen LogP contribution in [0.1, 0.15) is 12.5 Å². The Balaban J connectivity index is 2.47. The summed E-state index contributed by atoms with van der Waals surface area (Å²) < 4.78 is 5.32. The lowest BCUT2D eigenvalue weighted by molar-refractivity contribution is -0.122. The Morgan fingerprint density at radius 2 is 1.94 bits per heavy atom. The molecular weight excluding hydrogens is 216 g/mol. The van der Waals surface area contributed by atoms with Crippen molar-refractivity contribution in [3.63, 3.8) is 0 Å². The van der Waals surface area contributed by atoms with Crippen molar-refractivity contribution in [2.75, 3.05) is 20.7 Å². The van der Waals surface area contributed by atoms with Gasteiger partial charge in [0.2, 0.25) is 0 Å². The monoisotopic (exact) mass is 236 g/mol. The highest BCUT2D eigenvalue weighted by molar-refractivity contribution is 5.77. The molecule has 1 amide bonds. The lowest BCUT2D eigenvalue weighted by Gasteiger charge is -2.10. The van der Waals surface area contributed by atoms with Crippen LogP contribution in [0.25, 0.3) is 0 Å². The molecule has 1 unspecified atom stereocenters. The number of benzene rings is 1. The highest BCUT2D eigenvalue weighted by Gasteiger charge is 2.02. The highest BCUT2D eigenvalue weighted by Crippen LogP contribution is 2.13. The van der Waals surface area contributed by atoms with Gasteiger partial charge in [0.1, 0.15) is 5.75 Å². The van der Waals surface area contributed by atoms with Crippen molar-refractivity contribution >= 4 is 5.91 Å². The van der Waals surface area contributed by atoms with Crippen molar-refractivity contribution in [2.24, 2.45) is 0 Å². The van der Waals surface area contributed by atoms with Gasteiger partial charge in [-0.05, 0) is 38.1 Å². The summed E-state index contributed by atoms with van der Waals surface area (Å²) in [4.78, 5) is 11.0. The molecule has 0 bridgehead atoms. The first-order valence-corrected chi connectivity index (χ1v) is 5.75. The second-order valence-corrected chi connectivity index (χ2v) is 4.00. The van der Waals surface area contributed by atoms with E-state index in [2.05, 4.69) is 17.6 Å². The number of hydrogen-bond donors (Lipinski definition) is 2. The van der Waals surface area contributed by atoms with Gasteiger partial charge < -0.3 is 15.4 Å². The summed E-state index contributed by atoms with van der Waals surface area (Å²) in [5, 5.41) is 5.70. The molecule has 1 rings (SSSR count). The predicted octanol–water partition coefficient (Wildman–Crippen LogP) is 0.962. The fourth-order valence-corrected chi connectivity index (χ4v) is 1.40. The van der Waals surface area contributed by atoms with Crippen molar-refractivity contribution in [3.8, 4) is 5.75 Å². The van der Waals surface area contributed by atoms with Gasteiger partial charge in [-0.3, -0.25) is 4.79 Å². The zero-order valence-corrected chi connectivity index (χ0v) is 10.6. The van der Waals surface area contributed by atoms with Crippen molar-refractivity contribution in [2.45, 2.75) is 19.4 Å². The number of hydrogen-bond acceptors (Lipinski definition) is 3. The Labute approximate surface area is 102 Å². The molecular formula is C13H20N2O2. The number of carbonyl (C=O) groups is 1. The number of likely N-dealkylation sites (N-methyl/N-ethyl adjacent to an activating group) is 2. The first kappa shape index (κ1) is 13.5. The molecule has 0 aliphatic heterocycles. The number of ether oxygens (including phenoxy) is 1. The molecule has 1 aromatic carbocycles. The number of carbonyl (C=O) groups excluding carboxylic acids is 1. The van der Waals surface area contributed by atoms with E-state index in [0.717, 1.165) is 12.2 Å². The van der Waals surface area contributed by atoms with E-state index < -0.39 is 0 Å². The summed E-state index contributed by atoms with van der Waals surface area (Å²) in [5.41, 5.74) is 1.25. The molecule has 4 nitrogen and oxygen atoms in total. The van der Waals surface area contributed by atoms with Crippen molar-refractivity contribution in [3.05, 3.63) is 29.8 Å². The van der Waals surface area contributed by atoms with E-state index in [1.807, 2.05) is 31.3 Å². The van der Waals surface area contributed by atoms with E-state index in [1.54, 1.807) is 7.05 Å². The standard InChI is InChI=1S/C13H20N2O2/c1-10(14-2)8-11-4-6-12(7-5-11)17-9-13(16)15-3/h4-7,10,14H,8-9H2,1-3H3,(H,15,16). The normalized spacial score (nSPS) is 11.9. The predicted molar refractivity (Wildman–Crippen MR) is 68.2 cm³/mol. The van der Waals surface area contributed by atoms with E-state index >= 15 is 0 Å². The van der Waals surface area contributed by atoms with Crippen LogP contribution >= 0.6 is 0 Å². The minimum absolute atomic E-state index is 0.0583. The van der Waals surface area contributed by atoms with Gasteiger partial charge in [-0.25, -0.2) is 0 Å². The average Bonchev–Trinajstić information content (AvgIpc) is 2.37. The van der Waals surface area contributed by atoms with Gasteiger partial charge >= 0.3 is 0 Å². The van der Waals surface area contributed by atoms with E-state index in [1.165, 1.54) is 5.56 Å². The SMILES string of the molecule is CNC(=O)COc1ccc(CC(C)NC)cc1. The second-order valence-electron chi connectivity index (χ2n) is 4.00. The van der Waals surface area contributed by atoms with Crippen LogP contribution in [0.3, 0.4) is 0 Å². The van der Waals surface area contributed by atoms with Gasteiger partial charge in [0.05, 0.1) is 0 Å². The van der Waals surface area contributed by atoms with Crippen LogP contribution in [0.15, 0.2) is 24.3 Å². The van der Waals surface area contributed by atoms with Gasteiger partial charge in [-0.1, -0.05) is 12.1 Å². The van der Waals surface area contributed by atoms with E-state index in [0.29, 0.717) is 6.04 Å². The molecule has 0 aliphatic rings. The Morgan fingerprint density at radius 3 is 2.47 bits per heavy atom. The maximum atomic E-state index is 11.0. The van der Waals surface area contributed by atoms with E-state index in [4.69, 9.17) is 4.74 Å². The quantitative estimate of drug-likeness (QED) is 0.773. The van der Waals surface area contributed by atoms with Gasteiger partial charge in [0.25, 0.3) is 5.91 Å². The molecule has 1 atom stereocenters. The van der Waals surface area contributed by atoms with Crippen LogP contribution in [0, 0.1) is 0 Å². The summed E-state index contributed by atoms with van der Waals surface area (Å²) in [6, 6.07) is 8.27. The minimum Gasteiger partial charge on any atom is -0.484 e. The van der Waals surface area contributed by atoms with Crippen LogP contribution in [-0.2, 0) is 11.2 Å². The summed E-state index contributed by atoms with van der Waals surface area (Å²) >= 11 is 0. The molecule has 0 saturated heterocycles. The highest BCUT2D eigenvalue weighted by atomic mass is 16.5. The molecule has 0 radical (unpaired) electrons. The Morgan fingerprint density at radius 1 is 1.29 bits per heavy atom. The van der Waals surface area contributed by atoms with Gasteiger partial charge in [-0.2, -0.15) is 0 Å². The molecule has 94 valence electrons. The fraction of sp³-hybridized carbons (Fsp3) is 0.462. The summed E-state index contributed by atoms with van der Waals surface area (Å²) in [6.45, 7) is 2.19. The van der Waals surface area contributed by atoms with Gasteiger partial charge in [0.15, 0.2) is 6.61 Å². The molecule has 0 aliphatic carbocycles. The molecule has 0 fully saturated rings. The third-order valence-electron chi connectivity index (χ3n) is 2.61. The Kier molecular flexibility index (Phi) is 5.49. The lowest BCUT2D eigenvalue weighted by atomic mass is 10.1. The number of nitrogens with one attached hydrogen (secondary N) is 2. The first-order valence-electron chi connectivity index (χ1n) is 5.75. The third-order valence-corrected chi connectivity index (χ3v) is 2.61. The number of amides is 1. The van der Waals surface area contributed by atoms with Crippen LogP contribution in [0.2, 0.25) is 0 Å². The summed E-state index contributed by atoms with van der Waals surface area (Å²) in [7, 11) is 3.54. The van der Waals surface area contributed by atoms with Crippen molar-refractivity contribution < 1.29 is 9.53 Å². The van der Waals surface area contributed by atoms with Crippen LogP contribution in [0.4, 0.5) is 0 Å². The molecule has 0 aromatic heterocycles. The van der Waals surface area contributed by atoms with Crippen LogP contribution in [-0.4, -0.2) is 32.7 Å². The molecule has 17 heavy (non-hydrogen) atoms. The van der Waals surface area contributed by atoms with Crippen molar-refractivity contribution in [1.82, 2.24) is 10.6 Å². The Hall–Kier alpha value is -1.55. The van der Waals surface area contributed by atoms with Gasteiger partial charge in [-0.15, -0.1) is 0 Å². The van der Waals surface area contributed by atoms with Crippen molar-refractivity contribution in [1.29, 1.82) is 0 Å². The summed E-state index contributed by atoms with van der Waals surface area (Å²) in [6.07, 6.45) is 0.978. The van der Waals surface area contributed by atoms with Gasteiger partial charge in [0, 0.05) is 13.1 Å². The smallest absolute Gasteiger partial charge is 0.257 e. The summed E-state index contributed by atoms with van der Waals surface area (Å²) in [5.74, 6) is 0.590. The fourth-order valence-electron chi connectivity index (χ4n) is 1.40. The minimum atomic E-state index is -0.127. The zero-order valence-electron chi connectivity index (χ0n) is 10.6. The first-order chi connectivity index (χ1) is 8.15. The maximum Gasteiger partial charge on any atom is 0.257 e. The van der Waals surface area contributed by atoms with E-state index in [-0.39, 0.29) is 12.5 Å². The molecule has 1 aromatic rings. The van der Waals surface area contributed by atoms with Crippen LogP contribution < -0.4 is 15.4 Å². The largest absolute Gasteiger partial charge is 0.484 e. The molecule has 0 heterocycles. The molecule has 0 saturated carbocycles. The topological polar surface area (TPSA) is 50.4 Å². The Bertz CT molecular complexity index is 349. The molecule has 4 heteroatoms. The third kappa shape index (κ3) is 4.87. The molecule has 2 N–H and O–H groups in total. The molecule has 0 spiro atoms. The van der Waals surface area contributed by atoms with E-state index in [9.17, 15) is 4.79 Å². The van der Waals surface area contributed by atoms with Crippen LogP contribution in [0.5, 0.6) is 5.75 Å². The number of rotatable bonds is 6. The zero-order chi connectivity index (χ0) is 12.7. The maximum absolute atomic E-state index is 11.0. The second kappa shape index (κ2) is 6.91. The average molecular weight is 236 g/mol. The lowest BCUT2D eigenvalue weighted by Crippen LogP contribution is -2.25.